The Labute approximate surface area is 278 Å². The molecule has 0 saturated carbocycles. The second-order valence-corrected chi connectivity index (χ2v) is 12.6. The molecule has 3 aromatic carbocycles. The van der Waals surface area contributed by atoms with Gasteiger partial charge >= 0.3 is 6.09 Å². The van der Waals surface area contributed by atoms with Crippen molar-refractivity contribution in [1.82, 2.24) is 10.2 Å². The molecular formula is C32H30N4O9S2. The highest BCUT2D eigenvalue weighted by molar-refractivity contribution is 8.04. The van der Waals surface area contributed by atoms with Gasteiger partial charge < -0.3 is 19.9 Å². The number of amides is 2. The van der Waals surface area contributed by atoms with E-state index in [1.807, 2.05) is 30.3 Å². The number of thiocarbonyl (C=S) groups is 1. The van der Waals surface area contributed by atoms with Crippen molar-refractivity contribution < 1.29 is 34.0 Å². The summed E-state index contributed by atoms with van der Waals surface area (Å²) >= 11 is 7.04. The van der Waals surface area contributed by atoms with Gasteiger partial charge in [-0.15, -0.1) is 11.8 Å². The minimum Gasteiger partial charge on any atom is -0.477 e. The van der Waals surface area contributed by atoms with E-state index in [1.54, 1.807) is 19.1 Å². The van der Waals surface area contributed by atoms with Crippen LogP contribution in [0.2, 0.25) is 0 Å². The highest BCUT2D eigenvalue weighted by Crippen LogP contribution is 2.52. The minimum absolute atomic E-state index is 0.00542. The van der Waals surface area contributed by atoms with E-state index in [2.05, 4.69) is 5.32 Å². The first-order valence-corrected chi connectivity index (χ1v) is 15.8. The Balaban J connectivity index is 1.34. The summed E-state index contributed by atoms with van der Waals surface area (Å²) in [7, 11) is 0. The summed E-state index contributed by atoms with van der Waals surface area (Å²) in [5, 5.41) is 34.8. The number of aliphatic hydroxyl groups excluding tert-OH is 1. The number of alkyl carbamates (subject to hydrolysis) is 1. The minimum atomic E-state index is -0.890. The molecule has 13 nitrogen and oxygen atoms in total. The first-order valence-electron chi connectivity index (χ1n) is 14.5. The lowest BCUT2D eigenvalue weighted by atomic mass is 9.92. The summed E-state index contributed by atoms with van der Waals surface area (Å²) < 4.78 is 11.3. The number of nitro groups is 2. The van der Waals surface area contributed by atoms with Crippen molar-refractivity contribution in [3.05, 3.63) is 126 Å². The highest BCUT2D eigenvalue weighted by atomic mass is 32.2. The van der Waals surface area contributed by atoms with E-state index in [0.717, 1.165) is 5.56 Å². The maximum absolute atomic E-state index is 13.2. The van der Waals surface area contributed by atoms with E-state index in [9.17, 15) is 34.9 Å². The maximum atomic E-state index is 13.2. The van der Waals surface area contributed by atoms with Gasteiger partial charge in [0.2, 0.25) is 11.0 Å². The zero-order valence-electron chi connectivity index (χ0n) is 25.0. The Morgan fingerprint density at radius 2 is 1.47 bits per heavy atom. The monoisotopic (exact) mass is 678 g/mol. The maximum Gasteiger partial charge on any atom is 0.407 e. The van der Waals surface area contributed by atoms with Gasteiger partial charge in [-0.25, -0.2) is 4.79 Å². The number of ether oxygens (including phenoxy) is 2. The molecule has 2 heterocycles. The summed E-state index contributed by atoms with van der Waals surface area (Å²) in [6.45, 7) is 1.46. The normalized spacial score (nSPS) is 18.1. The Hall–Kier alpha value is -4.86. The molecule has 0 aliphatic carbocycles. The number of non-ortho nitro benzene ring substituents is 2. The quantitative estimate of drug-likeness (QED) is 0.103. The van der Waals surface area contributed by atoms with Crippen molar-refractivity contribution in [2.45, 2.75) is 50.5 Å². The number of β-lactam (4-membered cyclic amide) rings is 1. The Kier molecular flexibility index (Phi) is 10.5. The number of hydrogen-bond acceptors (Lipinski definition) is 11. The van der Waals surface area contributed by atoms with Gasteiger partial charge in [-0.1, -0.05) is 30.3 Å². The molecule has 1 saturated heterocycles. The third-order valence-corrected chi connectivity index (χ3v) is 9.38. The first kappa shape index (κ1) is 33.5. The van der Waals surface area contributed by atoms with Crippen LogP contribution >= 0.6 is 24.0 Å². The number of aliphatic hydroxyl groups is 1. The number of carbonyl (C=O) groups excluding carboxylic acids is 2. The molecule has 2 aliphatic rings. The summed E-state index contributed by atoms with van der Waals surface area (Å²) in [5.41, 5.74) is 2.40. The molecule has 2 aliphatic heterocycles. The van der Waals surface area contributed by atoms with E-state index in [4.69, 9.17) is 21.7 Å². The van der Waals surface area contributed by atoms with E-state index >= 15 is 0 Å². The number of nitrogens with zero attached hydrogens (tertiary/aromatic N) is 3. The third-order valence-electron chi connectivity index (χ3n) is 7.68. The van der Waals surface area contributed by atoms with Crippen LogP contribution in [-0.4, -0.2) is 54.4 Å². The number of nitrogens with one attached hydrogen (secondary N) is 1. The van der Waals surface area contributed by atoms with Crippen LogP contribution in [0.5, 0.6) is 0 Å². The smallest absolute Gasteiger partial charge is 0.407 e. The van der Waals surface area contributed by atoms with Gasteiger partial charge in [-0.3, -0.25) is 29.9 Å². The number of carbonyl (C=O) groups is 2. The molecular weight excluding hydrogens is 649 g/mol. The van der Waals surface area contributed by atoms with Crippen LogP contribution in [0.4, 0.5) is 16.2 Å². The molecule has 15 heteroatoms. The van der Waals surface area contributed by atoms with E-state index in [-0.39, 0.29) is 42.0 Å². The van der Waals surface area contributed by atoms with Gasteiger partial charge in [0.05, 0.1) is 21.9 Å². The average Bonchev–Trinajstić information content (AvgIpc) is 3.36. The second-order valence-electron chi connectivity index (χ2n) is 11.0. The predicted molar refractivity (Wildman–Crippen MR) is 176 cm³/mol. The van der Waals surface area contributed by atoms with Crippen LogP contribution in [0.15, 0.2) is 89.5 Å². The first-order chi connectivity index (χ1) is 22.5. The van der Waals surface area contributed by atoms with E-state index in [0.29, 0.717) is 28.1 Å². The van der Waals surface area contributed by atoms with Gasteiger partial charge in [0.15, 0.2) is 0 Å². The fourth-order valence-electron chi connectivity index (χ4n) is 5.29. The molecule has 0 unspecified atom stereocenters. The van der Waals surface area contributed by atoms with Crippen molar-refractivity contribution in [2.75, 3.05) is 0 Å². The van der Waals surface area contributed by atoms with E-state index < -0.39 is 39.4 Å². The van der Waals surface area contributed by atoms with Crippen LogP contribution in [0.25, 0.3) is 0 Å². The Morgan fingerprint density at radius 3 is 2.00 bits per heavy atom. The number of benzene rings is 3. The lowest BCUT2D eigenvalue weighted by Crippen LogP contribution is -2.60. The molecule has 5 rings (SSSR count). The van der Waals surface area contributed by atoms with Crippen LogP contribution in [0.1, 0.15) is 30.0 Å². The van der Waals surface area contributed by atoms with Crippen LogP contribution in [0, 0.1) is 26.1 Å². The van der Waals surface area contributed by atoms with Gasteiger partial charge in [0, 0.05) is 41.6 Å². The van der Waals surface area contributed by atoms with Gasteiger partial charge in [-0.05, 0) is 66.5 Å². The van der Waals surface area contributed by atoms with Crippen LogP contribution < -0.4 is 5.32 Å². The molecule has 47 heavy (non-hydrogen) atoms. The summed E-state index contributed by atoms with van der Waals surface area (Å²) in [6, 6.07) is 20.5. The van der Waals surface area contributed by atoms with Gasteiger partial charge in [0.25, 0.3) is 11.4 Å². The van der Waals surface area contributed by atoms with Crippen molar-refractivity contribution in [3.8, 4) is 0 Å². The van der Waals surface area contributed by atoms with E-state index in [1.165, 1.54) is 53.1 Å². The lowest BCUT2D eigenvalue weighted by Gasteiger charge is -2.44. The van der Waals surface area contributed by atoms with Crippen molar-refractivity contribution in [3.63, 3.8) is 0 Å². The molecule has 3 aromatic rings. The molecule has 0 radical (unpaired) electrons. The average molecular weight is 679 g/mol. The molecule has 1 fully saturated rings. The zero-order chi connectivity index (χ0) is 33.7. The number of thioether (sulfide) groups is 1. The lowest BCUT2D eigenvalue weighted by molar-refractivity contribution is -0.385. The third kappa shape index (κ3) is 7.93. The molecule has 0 aromatic heterocycles. The fraction of sp³-hybridized carbons (Fsp3) is 0.281. The topological polar surface area (TPSA) is 174 Å². The molecule has 2 N–H and O–H groups in total. The SMILES string of the molecule is C[C@H](O)[C@@H]1C(=O)N2C(C(=S)OCc3ccc([N+](=O)[O-])cc3)=C(C[C@H](Cc3ccccc3)NC(=O)OCc3ccc([N+](=O)[O-])cc3)S[C@H]12. The standard InChI is InChI=1S/C32H30N4O9S2/c1-19(37)27-29(38)34-28(31(46)44-17-21-7-11-24(12-8-21)35(40)41)26(47-30(27)34)16-23(15-20-5-3-2-4-6-20)33-32(39)45-18-22-9-13-25(14-10-22)36(42)43/h2-14,19,23,27,30,37H,15-18H2,1H3,(H,33,39)/t19-,23-,27+,30+/m0/s1. The van der Waals surface area contributed by atoms with Crippen molar-refractivity contribution in [1.29, 1.82) is 0 Å². The van der Waals surface area contributed by atoms with Crippen LogP contribution in [-0.2, 0) is 33.9 Å². The van der Waals surface area contributed by atoms with Crippen molar-refractivity contribution in [2.24, 2.45) is 5.92 Å². The van der Waals surface area contributed by atoms with Crippen molar-refractivity contribution >= 4 is 52.4 Å². The number of hydrogen-bond donors (Lipinski definition) is 2. The Bertz CT molecular complexity index is 1700. The van der Waals surface area contributed by atoms with Crippen LogP contribution in [0.3, 0.4) is 0 Å². The highest BCUT2D eigenvalue weighted by Gasteiger charge is 2.57. The number of nitro benzene ring substituents is 2. The largest absolute Gasteiger partial charge is 0.477 e. The zero-order valence-corrected chi connectivity index (χ0v) is 26.6. The predicted octanol–water partition coefficient (Wildman–Crippen LogP) is 5.40. The molecule has 2 amide bonds. The fourth-order valence-corrected chi connectivity index (χ4v) is 7.33. The number of rotatable bonds is 13. The molecule has 4 atom stereocenters. The number of fused-ring (bicyclic) bond motifs is 1. The summed E-state index contributed by atoms with van der Waals surface area (Å²) in [4.78, 5) is 49.3. The second kappa shape index (κ2) is 14.7. The summed E-state index contributed by atoms with van der Waals surface area (Å²) in [6.07, 6.45) is -0.915. The summed E-state index contributed by atoms with van der Waals surface area (Å²) in [5.74, 6) is -0.934. The van der Waals surface area contributed by atoms with Gasteiger partial charge in [0.1, 0.15) is 24.3 Å². The molecule has 0 bridgehead atoms. The molecule has 0 spiro atoms. The molecule has 244 valence electrons. The van der Waals surface area contributed by atoms with Gasteiger partial charge in [-0.2, -0.15) is 0 Å². The Morgan fingerprint density at radius 1 is 0.915 bits per heavy atom.